The van der Waals surface area contributed by atoms with Crippen molar-refractivity contribution in [3.05, 3.63) is 0 Å². The summed E-state index contributed by atoms with van der Waals surface area (Å²) in [6.07, 6.45) is 0.976. The van der Waals surface area contributed by atoms with Gasteiger partial charge in [-0.25, -0.2) is 0 Å². The van der Waals surface area contributed by atoms with Crippen LogP contribution in [0.25, 0.3) is 0 Å². The summed E-state index contributed by atoms with van der Waals surface area (Å²) in [6, 6.07) is -0.0866. The number of nitrogens with one attached hydrogen (secondary N) is 1. The largest absolute Gasteiger partial charge is 0.378 e. The molecule has 2 heterocycles. The molecule has 2 aliphatic heterocycles. The Bertz CT molecular complexity index is 219. The number of carbonyl (C=O) groups is 1. The highest BCUT2D eigenvalue weighted by atomic mass is 32.1. The first-order chi connectivity index (χ1) is 6.79. The van der Waals surface area contributed by atoms with Gasteiger partial charge < -0.3 is 15.0 Å². The van der Waals surface area contributed by atoms with Gasteiger partial charge >= 0.3 is 0 Å². The second kappa shape index (κ2) is 4.51. The zero-order chi connectivity index (χ0) is 9.97. The molecule has 0 aromatic rings. The lowest BCUT2D eigenvalue weighted by Crippen LogP contribution is -2.50. The summed E-state index contributed by atoms with van der Waals surface area (Å²) in [5.41, 5.74) is 0. The topological polar surface area (TPSA) is 41.6 Å². The number of morpholine rings is 1. The third-order valence-electron chi connectivity index (χ3n) is 2.78. The minimum Gasteiger partial charge on any atom is -0.378 e. The molecule has 14 heavy (non-hydrogen) atoms. The number of hydrogen-bond donors (Lipinski definition) is 2. The van der Waals surface area contributed by atoms with Crippen LogP contribution in [0.1, 0.15) is 6.42 Å². The number of ether oxygens (including phenoxy) is 1. The highest BCUT2D eigenvalue weighted by Gasteiger charge is 2.33. The Labute approximate surface area is 89.4 Å². The Morgan fingerprint density at radius 3 is 2.71 bits per heavy atom. The lowest BCUT2D eigenvalue weighted by atomic mass is 10.2. The molecule has 2 unspecified atom stereocenters. The maximum atomic E-state index is 12.0. The minimum absolute atomic E-state index is 0.0866. The van der Waals surface area contributed by atoms with E-state index in [0.717, 1.165) is 26.1 Å². The molecule has 5 heteroatoms. The first-order valence-corrected chi connectivity index (χ1v) is 5.58. The van der Waals surface area contributed by atoms with Crippen molar-refractivity contribution in [3.8, 4) is 0 Å². The molecule has 0 saturated carbocycles. The van der Waals surface area contributed by atoms with Gasteiger partial charge in [0, 0.05) is 18.3 Å². The van der Waals surface area contributed by atoms with E-state index in [0.29, 0.717) is 13.2 Å². The second-order valence-corrected chi connectivity index (χ2v) is 4.39. The average Bonchev–Trinajstić information content (AvgIpc) is 2.65. The maximum absolute atomic E-state index is 12.0. The number of nitrogens with zero attached hydrogens (tertiary/aromatic N) is 1. The third kappa shape index (κ3) is 2.04. The highest BCUT2D eigenvalue weighted by molar-refractivity contribution is 7.81. The fourth-order valence-corrected chi connectivity index (χ4v) is 2.28. The van der Waals surface area contributed by atoms with Crippen LogP contribution in [0.5, 0.6) is 0 Å². The summed E-state index contributed by atoms with van der Waals surface area (Å²) in [4.78, 5) is 13.8. The highest BCUT2D eigenvalue weighted by Crippen LogP contribution is 2.16. The molecule has 0 spiro atoms. The van der Waals surface area contributed by atoms with E-state index in [4.69, 9.17) is 4.74 Å². The van der Waals surface area contributed by atoms with Crippen molar-refractivity contribution < 1.29 is 9.53 Å². The van der Waals surface area contributed by atoms with E-state index in [1.54, 1.807) is 0 Å². The van der Waals surface area contributed by atoms with Gasteiger partial charge in [0.2, 0.25) is 5.91 Å². The normalized spacial score (nSPS) is 33.4. The summed E-state index contributed by atoms with van der Waals surface area (Å²) in [6.45, 7) is 3.66. The second-order valence-electron chi connectivity index (χ2n) is 3.73. The van der Waals surface area contributed by atoms with Crippen molar-refractivity contribution in [2.24, 2.45) is 0 Å². The molecule has 2 rings (SSSR count). The van der Waals surface area contributed by atoms with E-state index in [1.807, 2.05) is 4.90 Å². The number of thiol groups is 1. The van der Waals surface area contributed by atoms with E-state index in [9.17, 15) is 4.79 Å². The quantitative estimate of drug-likeness (QED) is 0.581. The number of hydrogen-bond acceptors (Lipinski definition) is 4. The van der Waals surface area contributed by atoms with Gasteiger partial charge in [0.05, 0.1) is 19.3 Å². The van der Waals surface area contributed by atoms with Gasteiger partial charge in [-0.1, -0.05) is 0 Å². The molecular formula is C9H16N2O2S. The Balaban J connectivity index is 1.92. The van der Waals surface area contributed by atoms with Gasteiger partial charge in [0.1, 0.15) is 0 Å². The fraction of sp³-hybridized carbons (Fsp3) is 0.889. The molecule has 4 nitrogen and oxygen atoms in total. The minimum atomic E-state index is -0.0866. The summed E-state index contributed by atoms with van der Waals surface area (Å²) in [5, 5.41) is 3.37. The predicted octanol–water partition coefficient (Wildman–Crippen LogP) is -0.495. The Kier molecular flexibility index (Phi) is 3.30. The van der Waals surface area contributed by atoms with Crippen molar-refractivity contribution in [2.75, 3.05) is 32.8 Å². The molecule has 0 radical (unpaired) electrons. The van der Waals surface area contributed by atoms with Gasteiger partial charge in [-0.05, 0) is 13.0 Å². The summed E-state index contributed by atoms with van der Waals surface area (Å²) >= 11 is 4.41. The van der Waals surface area contributed by atoms with Crippen molar-refractivity contribution in [1.29, 1.82) is 0 Å². The molecule has 2 aliphatic rings. The summed E-state index contributed by atoms with van der Waals surface area (Å²) < 4.78 is 5.21. The Morgan fingerprint density at radius 1 is 1.43 bits per heavy atom. The molecule has 0 bridgehead atoms. The SMILES string of the molecule is O=C(C1NCCC1S)N1CCOCC1. The van der Waals surface area contributed by atoms with E-state index >= 15 is 0 Å². The molecule has 0 aromatic carbocycles. The van der Waals surface area contributed by atoms with Crippen LogP contribution < -0.4 is 5.32 Å². The van der Waals surface area contributed by atoms with Crippen LogP contribution in [-0.4, -0.2) is 54.9 Å². The van der Waals surface area contributed by atoms with Crippen LogP contribution in [0.15, 0.2) is 0 Å². The van der Waals surface area contributed by atoms with Crippen molar-refractivity contribution in [3.63, 3.8) is 0 Å². The molecule has 1 amide bonds. The van der Waals surface area contributed by atoms with Crippen LogP contribution in [0.3, 0.4) is 0 Å². The molecular weight excluding hydrogens is 200 g/mol. The third-order valence-corrected chi connectivity index (χ3v) is 3.33. The molecule has 0 aliphatic carbocycles. The first kappa shape index (κ1) is 10.3. The summed E-state index contributed by atoms with van der Waals surface area (Å²) in [7, 11) is 0. The zero-order valence-electron chi connectivity index (χ0n) is 8.11. The van der Waals surface area contributed by atoms with Crippen molar-refractivity contribution in [2.45, 2.75) is 17.7 Å². The molecule has 80 valence electrons. The van der Waals surface area contributed by atoms with E-state index < -0.39 is 0 Å². The first-order valence-electron chi connectivity index (χ1n) is 5.07. The van der Waals surface area contributed by atoms with Crippen LogP contribution >= 0.6 is 12.6 Å². The van der Waals surface area contributed by atoms with E-state index in [1.165, 1.54) is 0 Å². The van der Waals surface area contributed by atoms with E-state index in [2.05, 4.69) is 17.9 Å². The summed E-state index contributed by atoms with van der Waals surface area (Å²) in [5.74, 6) is 0.186. The lowest BCUT2D eigenvalue weighted by Gasteiger charge is -2.30. The lowest BCUT2D eigenvalue weighted by molar-refractivity contribution is -0.136. The van der Waals surface area contributed by atoms with Crippen LogP contribution in [0.4, 0.5) is 0 Å². The van der Waals surface area contributed by atoms with Crippen LogP contribution in [-0.2, 0) is 9.53 Å². The molecule has 2 fully saturated rings. The Morgan fingerprint density at radius 2 is 2.14 bits per heavy atom. The number of amides is 1. The molecule has 2 saturated heterocycles. The zero-order valence-corrected chi connectivity index (χ0v) is 9.00. The van der Waals surface area contributed by atoms with Gasteiger partial charge in [-0.2, -0.15) is 12.6 Å². The maximum Gasteiger partial charge on any atom is 0.241 e. The fourth-order valence-electron chi connectivity index (χ4n) is 1.92. The van der Waals surface area contributed by atoms with Gasteiger partial charge in [-0.3, -0.25) is 4.79 Å². The van der Waals surface area contributed by atoms with Crippen molar-refractivity contribution >= 4 is 18.5 Å². The van der Waals surface area contributed by atoms with E-state index in [-0.39, 0.29) is 17.2 Å². The monoisotopic (exact) mass is 216 g/mol. The molecule has 2 atom stereocenters. The van der Waals surface area contributed by atoms with Crippen LogP contribution in [0, 0.1) is 0 Å². The van der Waals surface area contributed by atoms with Gasteiger partial charge in [0.15, 0.2) is 0 Å². The average molecular weight is 216 g/mol. The van der Waals surface area contributed by atoms with Crippen LogP contribution in [0.2, 0.25) is 0 Å². The number of carbonyl (C=O) groups excluding carboxylic acids is 1. The van der Waals surface area contributed by atoms with Crippen molar-refractivity contribution in [1.82, 2.24) is 10.2 Å². The number of rotatable bonds is 1. The van der Waals surface area contributed by atoms with Gasteiger partial charge in [-0.15, -0.1) is 0 Å². The van der Waals surface area contributed by atoms with Gasteiger partial charge in [0.25, 0.3) is 0 Å². The Hall–Kier alpha value is -0.260. The standard InChI is InChI=1S/C9H16N2O2S/c12-9(8-7(14)1-2-10-8)11-3-5-13-6-4-11/h7-8,10,14H,1-6H2. The smallest absolute Gasteiger partial charge is 0.241 e. The molecule has 1 N–H and O–H groups in total. The predicted molar refractivity (Wildman–Crippen MR) is 56.6 cm³/mol. The molecule has 0 aromatic heterocycles.